The number of rotatable bonds is 6. The monoisotopic (exact) mass is 550 g/mol. The third-order valence-electron chi connectivity index (χ3n) is 7.40. The third kappa shape index (κ3) is 6.35. The number of nitrogen functional groups attached to an aromatic ring is 1. The molecule has 0 amide bonds. The standard InChI is InChI=1S/C31H37F3N6/c1-20(2)40-19-26(28(29(35)36)30(40)37-4)11-8-22-16-23(7-6-21(22)3)24-9-10-25(27(17-24)31(32,33)34)18-39-14-12-38(5)13-15-39/h6-7,9-10,16-17,19-20,37H,12-15,18H2,1-5H3,(H3,35,36). The fourth-order valence-corrected chi connectivity index (χ4v) is 5.03. The normalized spacial score (nSPS) is 14.7. The van der Waals surface area contributed by atoms with E-state index in [4.69, 9.17) is 11.1 Å². The molecule has 9 heteroatoms. The second-order valence-electron chi connectivity index (χ2n) is 10.7. The number of piperazine rings is 1. The van der Waals surface area contributed by atoms with Gasteiger partial charge in [-0.15, -0.1) is 0 Å². The van der Waals surface area contributed by atoms with E-state index in [1.807, 2.05) is 56.8 Å². The van der Waals surface area contributed by atoms with E-state index >= 15 is 0 Å². The van der Waals surface area contributed by atoms with Crippen molar-refractivity contribution in [3.05, 3.63) is 76.0 Å². The number of nitrogens with two attached hydrogens (primary N) is 1. The quantitative estimate of drug-likeness (QED) is 0.214. The van der Waals surface area contributed by atoms with Crippen LogP contribution in [0.4, 0.5) is 19.0 Å². The van der Waals surface area contributed by atoms with E-state index in [0.717, 1.165) is 31.7 Å². The second-order valence-corrected chi connectivity index (χ2v) is 10.7. The minimum absolute atomic E-state index is 0.0881. The van der Waals surface area contributed by atoms with Gasteiger partial charge in [0.15, 0.2) is 0 Å². The van der Waals surface area contributed by atoms with Gasteiger partial charge < -0.3 is 20.5 Å². The number of alkyl halides is 3. The first-order valence-corrected chi connectivity index (χ1v) is 13.4. The molecule has 2 aromatic carbocycles. The molecule has 0 spiro atoms. The number of hydrogen-bond donors (Lipinski definition) is 3. The summed E-state index contributed by atoms with van der Waals surface area (Å²) in [5.74, 6) is 6.96. The summed E-state index contributed by atoms with van der Waals surface area (Å²) in [6.45, 7) is 9.43. The number of aryl methyl sites for hydroxylation is 1. The molecule has 0 unspecified atom stereocenters. The van der Waals surface area contributed by atoms with Crippen molar-refractivity contribution < 1.29 is 13.2 Å². The van der Waals surface area contributed by atoms with Gasteiger partial charge in [-0.1, -0.05) is 36.1 Å². The predicted octanol–water partition coefficient (Wildman–Crippen LogP) is 5.54. The van der Waals surface area contributed by atoms with Crippen LogP contribution in [0.15, 0.2) is 42.6 Å². The lowest BCUT2D eigenvalue weighted by Crippen LogP contribution is -2.44. The Bertz CT molecular complexity index is 1450. The highest BCUT2D eigenvalue weighted by molar-refractivity contribution is 6.02. The summed E-state index contributed by atoms with van der Waals surface area (Å²) < 4.78 is 44.4. The number of halogens is 3. The molecule has 1 aromatic heterocycles. The number of amidine groups is 1. The van der Waals surface area contributed by atoms with Crippen LogP contribution in [0.1, 0.15) is 53.3 Å². The third-order valence-corrected chi connectivity index (χ3v) is 7.40. The van der Waals surface area contributed by atoms with Crippen LogP contribution in [-0.2, 0) is 12.7 Å². The fourth-order valence-electron chi connectivity index (χ4n) is 5.03. The highest BCUT2D eigenvalue weighted by Crippen LogP contribution is 2.36. The van der Waals surface area contributed by atoms with Gasteiger partial charge in [0.25, 0.3) is 0 Å². The van der Waals surface area contributed by atoms with Gasteiger partial charge in [-0.2, -0.15) is 13.2 Å². The Hall–Kier alpha value is -3.74. The minimum atomic E-state index is -4.46. The fraction of sp³-hybridized carbons (Fsp3) is 0.387. The Labute approximate surface area is 234 Å². The first-order valence-electron chi connectivity index (χ1n) is 13.4. The number of anilines is 1. The maximum atomic E-state index is 14.2. The number of nitrogens with one attached hydrogen (secondary N) is 2. The Morgan fingerprint density at radius 2 is 1.65 bits per heavy atom. The summed E-state index contributed by atoms with van der Waals surface area (Å²) in [5.41, 5.74) is 9.49. The summed E-state index contributed by atoms with van der Waals surface area (Å²) in [5, 5.41) is 11.2. The SMILES string of the molecule is CNc1c(C(=N)N)c(C#Cc2cc(-c3ccc(CN4CCN(C)CC4)c(C(F)(F)F)c3)ccc2C)cn1C(C)C. The summed E-state index contributed by atoms with van der Waals surface area (Å²) in [6.07, 6.45) is -2.59. The lowest BCUT2D eigenvalue weighted by molar-refractivity contribution is -0.138. The molecule has 1 saturated heterocycles. The van der Waals surface area contributed by atoms with Crippen molar-refractivity contribution in [3.63, 3.8) is 0 Å². The zero-order valence-corrected chi connectivity index (χ0v) is 23.7. The molecule has 40 heavy (non-hydrogen) atoms. The van der Waals surface area contributed by atoms with Crippen molar-refractivity contribution in [1.29, 1.82) is 5.41 Å². The van der Waals surface area contributed by atoms with Gasteiger partial charge in [0.1, 0.15) is 11.7 Å². The molecular formula is C31H37F3N6. The van der Waals surface area contributed by atoms with E-state index in [1.165, 1.54) is 6.07 Å². The molecule has 2 heterocycles. The van der Waals surface area contributed by atoms with Crippen molar-refractivity contribution >= 4 is 11.7 Å². The lowest BCUT2D eigenvalue weighted by atomic mass is 9.95. The molecule has 0 aliphatic carbocycles. The van der Waals surface area contributed by atoms with Gasteiger partial charge >= 0.3 is 6.18 Å². The zero-order chi connectivity index (χ0) is 29.2. The number of hydrogen-bond acceptors (Lipinski definition) is 4. The molecule has 0 radical (unpaired) electrons. The molecule has 0 bridgehead atoms. The Morgan fingerprint density at radius 1 is 1.02 bits per heavy atom. The van der Waals surface area contributed by atoms with Crippen LogP contribution >= 0.6 is 0 Å². The van der Waals surface area contributed by atoms with Crippen LogP contribution in [0.25, 0.3) is 11.1 Å². The maximum Gasteiger partial charge on any atom is 0.416 e. The molecule has 4 rings (SSSR count). The van der Waals surface area contributed by atoms with Crippen LogP contribution < -0.4 is 11.1 Å². The average Bonchev–Trinajstić information content (AvgIpc) is 3.28. The first kappa shape index (κ1) is 29.2. The Balaban J connectivity index is 1.70. The molecule has 1 aliphatic heterocycles. The van der Waals surface area contributed by atoms with Crippen molar-refractivity contribution in [2.75, 3.05) is 45.6 Å². The van der Waals surface area contributed by atoms with E-state index in [2.05, 4.69) is 27.0 Å². The summed E-state index contributed by atoms with van der Waals surface area (Å²) >= 11 is 0. The van der Waals surface area contributed by atoms with E-state index in [1.54, 1.807) is 19.2 Å². The van der Waals surface area contributed by atoms with E-state index < -0.39 is 11.7 Å². The van der Waals surface area contributed by atoms with Crippen molar-refractivity contribution in [2.45, 2.75) is 39.5 Å². The highest BCUT2D eigenvalue weighted by Gasteiger charge is 2.34. The number of benzene rings is 2. The van der Waals surface area contributed by atoms with Crippen LogP contribution in [0, 0.1) is 24.2 Å². The van der Waals surface area contributed by atoms with Crippen molar-refractivity contribution in [1.82, 2.24) is 14.4 Å². The van der Waals surface area contributed by atoms with Crippen LogP contribution in [0.5, 0.6) is 0 Å². The number of likely N-dealkylation sites (N-methyl/N-ethyl adjacent to an activating group) is 1. The number of nitrogens with zero attached hydrogens (tertiary/aromatic N) is 3. The summed E-state index contributed by atoms with van der Waals surface area (Å²) in [4.78, 5) is 4.26. The lowest BCUT2D eigenvalue weighted by Gasteiger charge is -2.33. The molecule has 4 N–H and O–H groups in total. The van der Waals surface area contributed by atoms with E-state index in [9.17, 15) is 13.2 Å². The van der Waals surface area contributed by atoms with Crippen molar-refractivity contribution in [3.8, 4) is 23.0 Å². The molecule has 3 aromatic rings. The molecule has 1 aliphatic rings. The number of aromatic nitrogens is 1. The topological polar surface area (TPSA) is 73.3 Å². The van der Waals surface area contributed by atoms with Gasteiger partial charge in [0, 0.05) is 57.6 Å². The van der Waals surface area contributed by atoms with Crippen LogP contribution in [-0.4, -0.2) is 60.5 Å². The second kappa shape index (κ2) is 11.8. The molecule has 6 nitrogen and oxygen atoms in total. The maximum absolute atomic E-state index is 14.2. The van der Waals surface area contributed by atoms with Crippen LogP contribution in [0.2, 0.25) is 0 Å². The van der Waals surface area contributed by atoms with E-state index in [0.29, 0.717) is 39.2 Å². The Kier molecular flexibility index (Phi) is 8.62. The molecule has 212 valence electrons. The average molecular weight is 551 g/mol. The summed E-state index contributed by atoms with van der Waals surface area (Å²) in [7, 11) is 3.80. The van der Waals surface area contributed by atoms with Gasteiger partial charge in [-0.3, -0.25) is 10.3 Å². The highest BCUT2D eigenvalue weighted by atomic mass is 19.4. The Morgan fingerprint density at radius 3 is 2.25 bits per heavy atom. The van der Waals surface area contributed by atoms with Gasteiger partial charge in [0.05, 0.1) is 16.7 Å². The summed E-state index contributed by atoms with van der Waals surface area (Å²) in [6, 6.07) is 10.3. The molecule has 1 fully saturated rings. The van der Waals surface area contributed by atoms with E-state index in [-0.39, 0.29) is 18.4 Å². The molecule has 0 atom stereocenters. The predicted molar refractivity (Wildman–Crippen MR) is 156 cm³/mol. The molecular weight excluding hydrogens is 513 g/mol. The smallest absolute Gasteiger partial charge is 0.384 e. The van der Waals surface area contributed by atoms with Gasteiger partial charge in [-0.25, -0.2) is 0 Å². The van der Waals surface area contributed by atoms with Gasteiger partial charge in [-0.05, 0) is 62.2 Å². The first-order chi connectivity index (χ1) is 18.9. The minimum Gasteiger partial charge on any atom is -0.384 e. The van der Waals surface area contributed by atoms with Crippen molar-refractivity contribution in [2.24, 2.45) is 5.73 Å². The van der Waals surface area contributed by atoms with Gasteiger partial charge in [0.2, 0.25) is 0 Å². The van der Waals surface area contributed by atoms with Crippen LogP contribution in [0.3, 0.4) is 0 Å². The largest absolute Gasteiger partial charge is 0.416 e. The molecule has 0 saturated carbocycles. The zero-order valence-electron chi connectivity index (χ0n) is 23.7.